The van der Waals surface area contributed by atoms with Crippen molar-refractivity contribution in [2.75, 3.05) is 44.1 Å². The number of pyridine rings is 1. The number of carboxylic acids is 1. The Morgan fingerprint density at radius 2 is 2.15 bits per heavy atom. The second-order valence-electron chi connectivity index (χ2n) is 8.72. The molecule has 9 nitrogen and oxygen atoms in total. The zero-order valence-corrected chi connectivity index (χ0v) is 18.1. The highest BCUT2D eigenvalue weighted by Gasteiger charge is 2.47. The van der Waals surface area contributed by atoms with E-state index in [1.54, 1.807) is 11.6 Å². The Morgan fingerprint density at radius 1 is 1.39 bits per heavy atom. The first-order chi connectivity index (χ1) is 15.9. The molecule has 0 radical (unpaired) electrons. The van der Waals surface area contributed by atoms with Crippen molar-refractivity contribution in [2.45, 2.75) is 43.5 Å². The summed E-state index contributed by atoms with van der Waals surface area (Å²) in [6.07, 6.45) is 3.28. The van der Waals surface area contributed by atoms with Crippen LogP contribution in [0.5, 0.6) is 5.75 Å². The Labute approximate surface area is 188 Å². The third-order valence-electron chi connectivity index (χ3n) is 6.82. The number of carboxylic acid groups (broad SMARTS) is 1. The van der Waals surface area contributed by atoms with Crippen LogP contribution in [0.1, 0.15) is 35.7 Å². The van der Waals surface area contributed by atoms with Crippen LogP contribution >= 0.6 is 0 Å². The number of benzene rings is 1. The van der Waals surface area contributed by atoms with Crippen molar-refractivity contribution in [1.82, 2.24) is 9.88 Å². The lowest BCUT2D eigenvalue weighted by Crippen LogP contribution is -2.37. The first-order valence-corrected chi connectivity index (χ1v) is 11.1. The predicted octanol–water partition coefficient (Wildman–Crippen LogP) is 1.67. The molecule has 0 bridgehead atoms. The fraction of sp³-hybridized carbons (Fsp3) is 0.545. The minimum atomic E-state index is -1.42. The summed E-state index contributed by atoms with van der Waals surface area (Å²) in [6.45, 7) is -0.244. The lowest BCUT2D eigenvalue weighted by atomic mass is 10.0. The Morgan fingerprint density at radius 3 is 2.79 bits per heavy atom. The van der Waals surface area contributed by atoms with Crippen LogP contribution in [-0.4, -0.2) is 67.3 Å². The standard InChI is InChI=1S/C22H26F2N4O5/c1-26-12-9-28(13-4-6-32-20(12)13)18-15(24)16(25)14-17(21(18)33-7-5-23)27(10-2-3-10)8-11(19(14)29)22(30)31/h8,10,12-13,20,26H,2-7,9,25H2,1H3,(H,30,31). The monoisotopic (exact) mass is 464 g/mol. The fourth-order valence-corrected chi connectivity index (χ4v) is 5.17. The van der Waals surface area contributed by atoms with Crippen LogP contribution in [-0.2, 0) is 4.74 Å². The van der Waals surface area contributed by atoms with Crippen molar-refractivity contribution >= 4 is 28.2 Å². The number of nitrogens with two attached hydrogens (primary N) is 1. The summed E-state index contributed by atoms with van der Waals surface area (Å²) < 4.78 is 42.4. The number of alkyl halides is 1. The number of rotatable bonds is 7. The van der Waals surface area contributed by atoms with Gasteiger partial charge in [-0.2, -0.15) is 0 Å². The van der Waals surface area contributed by atoms with E-state index in [0.29, 0.717) is 19.6 Å². The Kier molecular flexibility index (Phi) is 5.40. The molecule has 1 saturated carbocycles. The zero-order valence-electron chi connectivity index (χ0n) is 18.1. The summed E-state index contributed by atoms with van der Waals surface area (Å²) >= 11 is 0. The Balaban J connectivity index is 1.83. The summed E-state index contributed by atoms with van der Waals surface area (Å²) in [5.41, 5.74) is 4.61. The number of halogens is 2. The molecule has 2 saturated heterocycles. The zero-order chi connectivity index (χ0) is 23.4. The molecule has 3 heterocycles. The maximum Gasteiger partial charge on any atom is 0.341 e. The largest absolute Gasteiger partial charge is 0.486 e. The van der Waals surface area contributed by atoms with Gasteiger partial charge in [0.05, 0.1) is 34.8 Å². The third-order valence-corrected chi connectivity index (χ3v) is 6.82. The minimum absolute atomic E-state index is 0.0118. The smallest absolute Gasteiger partial charge is 0.341 e. The van der Waals surface area contributed by atoms with Crippen LogP contribution in [0, 0.1) is 5.82 Å². The van der Waals surface area contributed by atoms with Crippen LogP contribution in [0.25, 0.3) is 10.9 Å². The lowest BCUT2D eigenvalue weighted by molar-refractivity contribution is 0.0694. The lowest BCUT2D eigenvalue weighted by Gasteiger charge is -2.29. The summed E-state index contributed by atoms with van der Waals surface area (Å²) in [4.78, 5) is 26.6. The van der Waals surface area contributed by atoms with Gasteiger partial charge in [0.25, 0.3) is 0 Å². The van der Waals surface area contributed by atoms with E-state index in [-0.39, 0.29) is 53.2 Å². The predicted molar refractivity (Wildman–Crippen MR) is 118 cm³/mol. The molecule has 0 spiro atoms. The SMILES string of the molecule is CNC1CN(c2c(F)c(N)c3c(=O)c(C(=O)O)cn(C4CC4)c3c2OCCF)C2CCOC12. The molecule has 3 atom stereocenters. The molecule has 2 aliphatic heterocycles. The molecule has 4 N–H and O–H groups in total. The van der Waals surface area contributed by atoms with Gasteiger partial charge in [-0.15, -0.1) is 0 Å². The molecule has 3 unspecified atom stereocenters. The van der Waals surface area contributed by atoms with E-state index < -0.39 is 35.1 Å². The average molecular weight is 464 g/mol. The topological polar surface area (TPSA) is 119 Å². The molecule has 1 aliphatic carbocycles. The van der Waals surface area contributed by atoms with E-state index in [4.69, 9.17) is 15.2 Å². The molecule has 2 aromatic rings. The fourth-order valence-electron chi connectivity index (χ4n) is 5.17. The van der Waals surface area contributed by atoms with E-state index in [0.717, 1.165) is 12.8 Å². The molecule has 33 heavy (non-hydrogen) atoms. The number of likely N-dealkylation sites (N-methyl/N-ethyl adjacent to an activating group) is 1. The van der Waals surface area contributed by atoms with Gasteiger partial charge in [0.1, 0.15) is 24.5 Å². The number of hydrogen-bond donors (Lipinski definition) is 3. The van der Waals surface area contributed by atoms with E-state index in [9.17, 15) is 19.1 Å². The number of ether oxygens (including phenoxy) is 2. The number of nitrogens with one attached hydrogen (secondary N) is 1. The van der Waals surface area contributed by atoms with Gasteiger partial charge in [-0.25, -0.2) is 13.6 Å². The van der Waals surface area contributed by atoms with Gasteiger partial charge in [0.2, 0.25) is 5.43 Å². The second kappa shape index (κ2) is 8.14. The quantitative estimate of drug-likeness (QED) is 0.530. The Hall–Kier alpha value is -2.92. The van der Waals surface area contributed by atoms with Gasteiger partial charge < -0.3 is 35.1 Å². The highest BCUT2D eigenvalue weighted by Crippen LogP contribution is 2.48. The number of carbonyl (C=O) groups is 1. The molecule has 5 rings (SSSR count). The first-order valence-electron chi connectivity index (χ1n) is 11.1. The van der Waals surface area contributed by atoms with Crippen LogP contribution in [0.15, 0.2) is 11.0 Å². The molecule has 3 aliphatic rings. The van der Waals surface area contributed by atoms with Gasteiger partial charge in [-0.3, -0.25) is 4.79 Å². The summed E-state index contributed by atoms with van der Waals surface area (Å²) in [6, 6.07) is -0.299. The molecular weight excluding hydrogens is 438 g/mol. The minimum Gasteiger partial charge on any atom is -0.486 e. The number of fused-ring (bicyclic) bond motifs is 2. The van der Waals surface area contributed by atoms with E-state index >= 15 is 4.39 Å². The second-order valence-corrected chi connectivity index (χ2v) is 8.72. The summed E-state index contributed by atoms with van der Waals surface area (Å²) in [5, 5.41) is 12.5. The molecular formula is C22H26F2N4O5. The number of nitrogens with zero attached hydrogens (tertiary/aromatic N) is 2. The van der Waals surface area contributed by atoms with Crippen LogP contribution in [0.3, 0.4) is 0 Å². The Bertz CT molecular complexity index is 1180. The van der Waals surface area contributed by atoms with Gasteiger partial charge in [-0.1, -0.05) is 0 Å². The first kappa shape index (κ1) is 21.9. The van der Waals surface area contributed by atoms with Crippen LogP contribution in [0.2, 0.25) is 0 Å². The van der Waals surface area contributed by atoms with Crippen LogP contribution < -0.4 is 26.1 Å². The molecule has 1 aromatic carbocycles. The molecule has 1 aromatic heterocycles. The van der Waals surface area contributed by atoms with Crippen molar-refractivity contribution < 1.29 is 28.2 Å². The molecule has 3 fully saturated rings. The van der Waals surface area contributed by atoms with Crippen molar-refractivity contribution in [3.05, 3.63) is 27.8 Å². The highest BCUT2D eigenvalue weighted by molar-refractivity contribution is 6.03. The third kappa shape index (κ3) is 3.33. The molecule has 0 amide bonds. The number of aromatic nitrogens is 1. The summed E-state index contributed by atoms with van der Waals surface area (Å²) in [5.74, 6) is -2.28. The van der Waals surface area contributed by atoms with Crippen molar-refractivity contribution in [3.8, 4) is 5.75 Å². The number of hydrogen-bond acceptors (Lipinski definition) is 7. The summed E-state index contributed by atoms with van der Waals surface area (Å²) in [7, 11) is 1.80. The molecule has 11 heteroatoms. The van der Waals surface area contributed by atoms with Gasteiger partial charge in [-0.05, 0) is 26.3 Å². The van der Waals surface area contributed by atoms with Gasteiger partial charge in [0, 0.05) is 25.4 Å². The van der Waals surface area contributed by atoms with Crippen molar-refractivity contribution in [1.29, 1.82) is 0 Å². The highest BCUT2D eigenvalue weighted by atomic mass is 19.1. The van der Waals surface area contributed by atoms with Crippen LogP contribution in [0.4, 0.5) is 20.2 Å². The van der Waals surface area contributed by atoms with Gasteiger partial charge >= 0.3 is 5.97 Å². The number of anilines is 2. The maximum atomic E-state index is 15.9. The van der Waals surface area contributed by atoms with E-state index in [2.05, 4.69) is 5.32 Å². The average Bonchev–Trinajstić information content (AvgIpc) is 3.42. The van der Waals surface area contributed by atoms with Crippen molar-refractivity contribution in [3.63, 3.8) is 0 Å². The van der Waals surface area contributed by atoms with E-state index in [1.807, 2.05) is 4.90 Å². The number of aromatic carboxylic acids is 1. The van der Waals surface area contributed by atoms with Gasteiger partial charge in [0.15, 0.2) is 11.6 Å². The molecule has 178 valence electrons. The normalized spacial score (nSPS) is 24.5. The maximum absolute atomic E-state index is 15.9. The van der Waals surface area contributed by atoms with Crippen molar-refractivity contribution in [2.24, 2.45) is 0 Å². The van der Waals surface area contributed by atoms with E-state index in [1.165, 1.54) is 6.20 Å². The number of nitrogen functional groups attached to an aromatic ring is 1.